The Morgan fingerprint density at radius 2 is 2.33 bits per heavy atom. The number of aromatic nitrogens is 4. The van der Waals surface area contributed by atoms with Gasteiger partial charge in [0.2, 0.25) is 5.95 Å². The number of tetrazole rings is 1. The Balaban J connectivity index is 1.80. The van der Waals surface area contributed by atoms with Crippen LogP contribution < -0.4 is 5.32 Å². The van der Waals surface area contributed by atoms with Crippen molar-refractivity contribution in [3.05, 3.63) is 0 Å². The van der Waals surface area contributed by atoms with Crippen LogP contribution in [0.2, 0.25) is 0 Å². The fourth-order valence-electron chi connectivity index (χ4n) is 1.66. The lowest BCUT2D eigenvalue weighted by Crippen LogP contribution is -2.19. The van der Waals surface area contributed by atoms with Gasteiger partial charge in [0.05, 0.1) is 0 Å². The zero-order chi connectivity index (χ0) is 10.7. The van der Waals surface area contributed by atoms with Crippen molar-refractivity contribution in [2.45, 2.75) is 19.3 Å². The van der Waals surface area contributed by atoms with Crippen molar-refractivity contribution in [1.82, 2.24) is 20.2 Å². The van der Waals surface area contributed by atoms with E-state index in [0.717, 1.165) is 25.5 Å². The fraction of sp³-hybridized carbons (Fsp3) is 0.889. The van der Waals surface area contributed by atoms with Gasteiger partial charge in [-0.25, -0.2) is 4.68 Å². The molecule has 1 fully saturated rings. The molecule has 6 nitrogen and oxygen atoms in total. The van der Waals surface area contributed by atoms with Crippen molar-refractivity contribution in [3.8, 4) is 0 Å². The third-order valence-electron chi connectivity index (χ3n) is 3.04. The number of ether oxygens (including phenoxy) is 1. The number of hydrogen-bond donors (Lipinski definition) is 1. The highest BCUT2D eigenvalue weighted by atomic mass is 16.5. The first-order chi connectivity index (χ1) is 7.26. The van der Waals surface area contributed by atoms with E-state index in [9.17, 15) is 0 Å². The molecule has 84 valence electrons. The second kappa shape index (κ2) is 4.14. The molecule has 0 saturated heterocycles. The SMILES string of the molecule is COCCC1(CNc2nnnn2C)CC1. The number of aryl methyl sites for hydroxylation is 1. The summed E-state index contributed by atoms with van der Waals surface area (Å²) in [6, 6.07) is 0. The molecule has 1 N–H and O–H groups in total. The van der Waals surface area contributed by atoms with E-state index in [2.05, 4.69) is 20.8 Å². The monoisotopic (exact) mass is 211 g/mol. The highest BCUT2D eigenvalue weighted by Gasteiger charge is 2.41. The van der Waals surface area contributed by atoms with Crippen LogP contribution in [-0.4, -0.2) is 40.5 Å². The normalized spacial score (nSPS) is 17.7. The topological polar surface area (TPSA) is 64.9 Å². The third-order valence-corrected chi connectivity index (χ3v) is 3.04. The molecule has 1 aliphatic rings. The Hall–Kier alpha value is -1.17. The lowest BCUT2D eigenvalue weighted by atomic mass is 10.0. The summed E-state index contributed by atoms with van der Waals surface area (Å²) in [5.74, 6) is 0.735. The zero-order valence-electron chi connectivity index (χ0n) is 9.23. The zero-order valence-corrected chi connectivity index (χ0v) is 9.23. The number of anilines is 1. The van der Waals surface area contributed by atoms with Gasteiger partial charge in [-0.2, -0.15) is 0 Å². The van der Waals surface area contributed by atoms with E-state index in [-0.39, 0.29) is 0 Å². The molecule has 0 aliphatic heterocycles. The van der Waals surface area contributed by atoms with E-state index in [1.54, 1.807) is 11.8 Å². The molecule has 0 bridgehead atoms. The first-order valence-corrected chi connectivity index (χ1v) is 5.21. The van der Waals surface area contributed by atoms with Gasteiger partial charge in [-0.3, -0.25) is 0 Å². The van der Waals surface area contributed by atoms with E-state index in [0.29, 0.717) is 5.41 Å². The van der Waals surface area contributed by atoms with Crippen molar-refractivity contribution >= 4 is 5.95 Å². The molecule has 0 amide bonds. The second-order valence-corrected chi connectivity index (χ2v) is 4.22. The smallest absolute Gasteiger partial charge is 0.242 e. The lowest BCUT2D eigenvalue weighted by molar-refractivity contribution is 0.174. The molecule has 0 aromatic carbocycles. The molecule has 15 heavy (non-hydrogen) atoms. The van der Waals surface area contributed by atoms with Gasteiger partial charge in [-0.1, -0.05) is 5.10 Å². The molecule has 1 aliphatic carbocycles. The van der Waals surface area contributed by atoms with Crippen LogP contribution in [0.15, 0.2) is 0 Å². The lowest BCUT2D eigenvalue weighted by Gasteiger charge is -2.14. The van der Waals surface area contributed by atoms with Crippen LogP contribution in [0.5, 0.6) is 0 Å². The predicted molar refractivity (Wildman–Crippen MR) is 55.4 cm³/mol. The summed E-state index contributed by atoms with van der Waals surface area (Å²) in [7, 11) is 3.58. The Morgan fingerprint density at radius 3 is 2.87 bits per heavy atom. The molecule has 1 saturated carbocycles. The Kier molecular flexibility index (Phi) is 2.86. The quantitative estimate of drug-likeness (QED) is 0.739. The Labute approximate surface area is 89.0 Å². The molecule has 0 atom stereocenters. The summed E-state index contributed by atoms with van der Waals surface area (Å²) >= 11 is 0. The number of methoxy groups -OCH3 is 1. The van der Waals surface area contributed by atoms with Gasteiger partial charge in [0.1, 0.15) is 0 Å². The van der Waals surface area contributed by atoms with Crippen LogP contribution in [0.4, 0.5) is 5.95 Å². The first-order valence-electron chi connectivity index (χ1n) is 5.21. The van der Waals surface area contributed by atoms with Gasteiger partial charge in [0, 0.05) is 27.3 Å². The van der Waals surface area contributed by atoms with Crippen molar-refractivity contribution < 1.29 is 4.74 Å². The summed E-state index contributed by atoms with van der Waals surface area (Å²) in [5.41, 5.74) is 0.419. The molecule has 0 unspecified atom stereocenters. The average molecular weight is 211 g/mol. The third kappa shape index (κ3) is 2.44. The van der Waals surface area contributed by atoms with E-state index in [1.165, 1.54) is 12.8 Å². The van der Waals surface area contributed by atoms with Crippen LogP contribution in [0.25, 0.3) is 0 Å². The highest BCUT2D eigenvalue weighted by Crippen LogP contribution is 2.48. The van der Waals surface area contributed by atoms with Crippen molar-refractivity contribution in [3.63, 3.8) is 0 Å². The van der Waals surface area contributed by atoms with Crippen LogP contribution in [-0.2, 0) is 11.8 Å². The largest absolute Gasteiger partial charge is 0.385 e. The minimum Gasteiger partial charge on any atom is -0.385 e. The van der Waals surface area contributed by atoms with Crippen LogP contribution in [0.1, 0.15) is 19.3 Å². The number of nitrogens with zero attached hydrogens (tertiary/aromatic N) is 4. The molecular formula is C9H17N5O. The van der Waals surface area contributed by atoms with Crippen LogP contribution >= 0.6 is 0 Å². The van der Waals surface area contributed by atoms with E-state index in [4.69, 9.17) is 4.74 Å². The molecule has 0 radical (unpaired) electrons. The minimum atomic E-state index is 0.419. The molecule has 6 heteroatoms. The predicted octanol–water partition coefficient (Wildman–Crippen LogP) is 0.439. The van der Waals surface area contributed by atoms with Gasteiger partial charge in [0.15, 0.2) is 0 Å². The number of nitrogens with one attached hydrogen (secondary N) is 1. The summed E-state index contributed by atoms with van der Waals surface area (Å²) < 4.78 is 6.75. The Bertz CT molecular complexity index is 320. The standard InChI is InChI=1S/C9H17N5O/c1-14-8(11-12-13-14)10-7-9(3-4-9)5-6-15-2/h3-7H2,1-2H3,(H,10,11,13). The Morgan fingerprint density at radius 1 is 1.53 bits per heavy atom. The molecular weight excluding hydrogens is 194 g/mol. The highest BCUT2D eigenvalue weighted by molar-refractivity contribution is 5.22. The summed E-state index contributed by atoms with van der Waals surface area (Å²) in [4.78, 5) is 0. The second-order valence-electron chi connectivity index (χ2n) is 4.22. The number of hydrogen-bond acceptors (Lipinski definition) is 5. The van der Waals surface area contributed by atoms with Gasteiger partial charge >= 0.3 is 0 Å². The van der Waals surface area contributed by atoms with E-state index < -0.39 is 0 Å². The molecule has 0 spiro atoms. The van der Waals surface area contributed by atoms with Crippen molar-refractivity contribution in [1.29, 1.82) is 0 Å². The van der Waals surface area contributed by atoms with Gasteiger partial charge in [0.25, 0.3) is 0 Å². The van der Waals surface area contributed by atoms with Crippen LogP contribution in [0, 0.1) is 5.41 Å². The molecule has 1 aromatic heterocycles. The average Bonchev–Trinajstić information content (AvgIpc) is 2.90. The van der Waals surface area contributed by atoms with Gasteiger partial charge in [-0.15, -0.1) is 0 Å². The molecule has 1 heterocycles. The van der Waals surface area contributed by atoms with Crippen LogP contribution in [0.3, 0.4) is 0 Å². The van der Waals surface area contributed by atoms with E-state index >= 15 is 0 Å². The summed E-state index contributed by atoms with van der Waals surface area (Å²) in [6.45, 7) is 1.77. The molecule has 2 rings (SSSR count). The van der Waals surface area contributed by atoms with E-state index in [1.807, 2.05) is 7.05 Å². The minimum absolute atomic E-state index is 0.419. The molecule has 1 aromatic rings. The number of rotatable bonds is 6. The summed E-state index contributed by atoms with van der Waals surface area (Å²) in [6.07, 6.45) is 3.66. The van der Waals surface area contributed by atoms with Crippen molar-refractivity contribution in [2.75, 3.05) is 25.6 Å². The maximum Gasteiger partial charge on any atom is 0.242 e. The van der Waals surface area contributed by atoms with Crippen molar-refractivity contribution in [2.24, 2.45) is 12.5 Å². The maximum absolute atomic E-state index is 5.11. The maximum atomic E-state index is 5.11. The van der Waals surface area contributed by atoms with Gasteiger partial charge < -0.3 is 10.1 Å². The summed E-state index contributed by atoms with van der Waals surface area (Å²) in [5, 5.41) is 14.5. The van der Waals surface area contributed by atoms with Gasteiger partial charge in [-0.05, 0) is 35.1 Å². The fourth-order valence-corrected chi connectivity index (χ4v) is 1.66. The first kappa shape index (κ1) is 10.4.